The Kier molecular flexibility index (Phi) is 5.65. The number of anilines is 1. The van der Waals surface area contributed by atoms with Crippen molar-refractivity contribution in [2.24, 2.45) is 7.05 Å². The lowest BCUT2D eigenvalue weighted by Crippen LogP contribution is -2.27. The molecule has 2 aliphatic heterocycles. The minimum absolute atomic E-state index is 0.0470. The van der Waals surface area contributed by atoms with Crippen LogP contribution in [0, 0.1) is 0 Å². The number of aryl methyl sites for hydroxylation is 1. The van der Waals surface area contributed by atoms with Gasteiger partial charge in [-0.15, -0.1) is 0 Å². The Morgan fingerprint density at radius 1 is 1.15 bits per heavy atom. The van der Waals surface area contributed by atoms with Gasteiger partial charge in [0.2, 0.25) is 10.0 Å². The van der Waals surface area contributed by atoms with E-state index in [9.17, 15) is 13.2 Å². The molecule has 0 aliphatic carbocycles. The summed E-state index contributed by atoms with van der Waals surface area (Å²) in [6, 6.07) is 7.56. The lowest BCUT2D eigenvalue weighted by Gasteiger charge is -2.17. The van der Waals surface area contributed by atoms with Gasteiger partial charge >= 0.3 is 0 Å². The topological polar surface area (TPSA) is 114 Å². The fourth-order valence-electron chi connectivity index (χ4n) is 5.23. The Bertz CT molecular complexity index is 1370. The predicted octanol–water partition coefficient (Wildman–Crippen LogP) is 2.72. The van der Waals surface area contributed by atoms with Crippen molar-refractivity contribution < 1.29 is 13.2 Å². The quantitative estimate of drug-likeness (QED) is 0.601. The van der Waals surface area contributed by atoms with E-state index in [1.54, 1.807) is 0 Å². The summed E-state index contributed by atoms with van der Waals surface area (Å²) >= 11 is 0. The minimum Gasteiger partial charge on any atom is -0.383 e. The molecule has 1 amide bonds. The number of nitrogens with two attached hydrogens (primary N) is 1. The van der Waals surface area contributed by atoms with Crippen molar-refractivity contribution in [3.05, 3.63) is 53.8 Å². The lowest BCUT2D eigenvalue weighted by molar-refractivity contribution is 0.0793. The molecule has 10 heteroatoms. The molecule has 3 aromatic rings. The van der Waals surface area contributed by atoms with Gasteiger partial charge in [-0.25, -0.2) is 18.4 Å². The molecule has 9 nitrogen and oxygen atoms in total. The number of aromatic nitrogens is 3. The van der Waals surface area contributed by atoms with Crippen LogP contribution in [0.15, 0.2) is 42.6 Å². The van der Waals surface area contributed by atoms with Gasteiger partial charge in [-0.1, -0.05) is 18.7 Å². The van der Waals surface area contributed by atoms with Crippen LogP contribution < -0.4 is 5.73 Å². The highest BCUT2D eigenvalue weighted by molar-refractivity contribution is 7.92. The first kappa shape index (κ1) is 22.5. The van der Waals surface area contributed by atoms with E-state index in [0.717, 1.165) is 53.5 Å². The van der Waals surface area contributed by atoms with E-state index >= 15 is 0 Å². The molecule has 1 aromatic carbocycles. The van der Waals surface area contributed by atoms with Crippen LogP contribution in [0.5, 0.6) is 0 Å². The summed E-state index contributed by atoms with van der Waals surface area (Å²) < 4.78 is 28.2. The number of carbonyl (C=O) groups excluding carboxylic acids is 1. The first-order chi connectivity index (χ1) is 16.3. The van der Waals surface area contributed by atoms with Gasteiger partial charge in [0, 0.05) is 61.4 Å². The second kappa shape index (κ2) is 8.52. The third-order valence-corrected chi connectivity index (χ3v) is 8.44. The zero-order chi connectivity index (χ0) is 24.0. The van der Waals surface area contributed by atoms with Crippen molar-refractivity contribution in [3.8, 4) is 11.1 Å². The predicted molar refractivity (Wildman–Crippen MR) is 132 cm³/mol. The maximum absolute atomic E-state index is 12.8. The molecule has 5 rings (SSSR count). The Labute approximate surface area is 198 Å². The fraction of sp³-hybridized carbons (Fsp3) is 0.375. The van der Waals surface area contributed by atoms with Crippen molar-refractivity contribution in [2.75, 3.05) is 31.9 Å². The highest BCUT2D eigenvalue weighted by atomic mass is 32.2. The standard InChI is InChI=1S/C24H28N6O3S/c1-3-34(32,33)30-13-10-18(14-30)21-19(20-22(25)26-15-27-23(20)28(21)2)16-6-8-17(9-7-16)24(31)29-11-4-5-12-29/h3,6-9,15,18H,1,4-5,10-14H2,2H3,(H2,25,26,27)/t18-/m0/s1. The zero-order valence-electron chi connectivity index (χ0n) is 19.1. The molecule has 0 unspecified atom stereocenters. The normalized spacial score (nSPS) is 19.2. The van der Waals surface area contributed by atoms with Crippen LogP contribution >= 0.6 is 0 Å². The average Bonchev–Trinajstić information content (AvgIpc) is 3.59. The largest absolute Gasteiger partial charge is 0.383 e. The number of nitrogen functional groups attached to an aromatic ring is 1. The summed E-state index contributed by atoms with van der Waals surface area (Å²) in [5.74, 6) is 0.368. The van der Waals surface area contributed by atoms with Gasteiger partial charge in [0.25, 0.3) is 5.91 Å². The van der Waals surface area contributed by atoms with E-state index in [1.807, 2.05) is 40.8 Å². The van der Waals surface area contributed by atoms with Crippen molar-refractivity contribution in [2.45, 2.75) is 25.2 Å². The van der Waals surface area contributed by atoms with E-state index in [2.05, 4.69) is 16.5 Å². The second-order valence-electron chi connectivity index (χ2n) is 8.91. The van der Waals surface area contributed by atoms with Gasteiger partial charge in [-0.3, -0.25) is 4.79 Å². The number of hydrogen-bond donors (Lipinski definition) is 1. The first-order valence-corrected chi connectivity index (χ1v) is 12.9. The Morgan fingerprint density at radius 2 is 1.85 bits per heavy atom. The minimum atomic E-state index is -3.50. The van der Waals surface area contributed by atoms with Crippen molar-refractivity contribution in [3.63, 3.8) is 0 Å². The van der Waals surface area contributed by atoms with Gasteiger partial charge in [0.1, 0.15) is 17.8 Å². The zero-order valence-corrected chi connectivity index (χ0v) is 20.0. The maximum Gasteiger partial charge on any atom is 0.253 e. The first-order valence-electron chi connectivity index (χ1n) is 11.4. The van der Waals surface area contributed by atoms with E-state index in [4.69, 9.17) is 5.73 Å². The molecular weight excluding hydrogens is 452 g/mol. The van der Waals surface area contributed by atoms with Gasteiger partial charge in [-0.05, 0) is 37.0 Å². The van der Waals surface area contributed by atoms with Crippen LogP contribution in [0.1, 0.15) is 41.2 Å². The van der Waals surface area contributed by atoms with Crippen LogP contribution in [-0.4, -0.2) is 64.2 Å². The molecule has 2 aliphatic rings. The summed E-state index contributed by atoms with van der Waals surface area (Å²) in [6.45, 7) is 5.83. The third kappa shape index (κ3) is 3.67. The number of carbonyl (C=O) groups is 1. The smallest absolute Gasteiger partial charge is 0.253 e. The average molecular weight is 481 g/mol. The molecule has 2 saturated heterocycles. The molecule has 4 heterocycles. The number of likely N-dealkylation sites (tertiary alicyclic amines) is 1. The van der Waals surface area contributed by atoms with Crippen molar-refractivity contribution in [1.29, 1.82) is 0 Å². The van der Waals surface area contributed by atoms with Crippen LogP contribution in [0.25, 0.3) is 22.2 Å². The SMILES string of the molecule is C=CS(=O)(=O)N1CC[C@H](c2c(-c3ccc(C(=O)N4CCCC4)cc3)c3c(N)ncnc3n2C)C1. The number of sulfonamides is 1. The number of rotatable bonds is 5. The van der Waals surface area contributed by atoms with Crippen LogP contribution in [0.3, 0.4) is 0 Å². The van der Waals surface area contributed by atoms with E-state index in [-0.39, 0.29) is 11.8 Å². The van der Waals surface area contributed by atoms with E-state index in [0.29, 0.717) is 36.5 Å². The Hall–Kier alpha value is -3.24. The molecule has 2 fully saturated rings. The molecule has 0 saturated carbocycles. The molecule has 0 radical (unpaired) electrons. The van der Waals surface area contributed by atoms with E-state index in [1.165, 1.54) is 10.6 Å². The number of amides is 1. The molecular formula is C24H28N6O3S. The second-order valence-corrected chi connectivity index (χ2v) is 10.8. The number of fused-ring (bicyclic) bond motifs is 1. The van der Waals surface area contributed by atoms with Gasteiger partial charge < -0.3 is 15.2 Å². The maximum atomic E-state index is 12.8. The van der Waals surface area contributed by atoms with Gasteiger partial charge in [0.05, 0.1) is 5.39 Å². The summed E-state index contributed by atoms with van der Waals surface area (Å²) in [7, 11) is -1.58. The highest BCUT2D eigenvalue weighted by Gasteiger charge is 2.35. The molecule has 2 aromatic heterocycles. The van der Waals surface area contributed by atoms with Crippen LogP contribution in [0.4, 0.5) is 5.82 Å². The van der Waals surface area contributed by atoms with Crippen LogP contribution in [0.2, 0.25) is 0 Å². The Balaban J connectivity index is 1.59. The summed E-state index contributed by atoms with van der Waals surface area (Å²) in [4.78, 5) is 23.4. The number of nitrogens with zero attached hydrogens (tertiary/aromatic N) is 5. The third-order valence-electron chi connectivity index (χ3n) is 6.96. The lowest BCUT2D eigenvalue weighted by atomic mass is 9.94. The fourth-order valence-corrected chi connectivity index (χ4v) is 6.19. The molecule has 0 spiro atoms. The van der Waals surface area contributed by atoms with Crippen LogP contribution in [-0.2, 0) is 17.1 Å². The number of hydrogen-bond acceptors (Lipinski definition) is 6. The van der Waals surface area contributed by atoms with E-state index < -0.39 is 10.0 Å². The van der Waals surface area contributed by atoms with Crippen molar-refractivity contribution in [1.82, 2.24) is 23.7 Å². The summed E-state index contributed by atoms with van der Waals surface area (Å²) in [6.07, 6.45) is 4.19. The summed E-state index contributed by atoms with van der Waals surface area (Å²) in [5.41, 5.74) is 10.4. The van der Waals surface area contributed by atoms with Gasteiger partial charge in [-0.2, -0.15) is 4.31 Å². The summed E-state index contributed by atoms with van der Waals surface area (Å²) in [5, 5.41) is 1.74. The molecule has 34 heavy (non-hydrogen) atoms. The number of benzene rings is 1. The van der Waals surface area contributed by atoms with Crippen molar-refractivity contribution >= 4 is 32.8 Å². The molecule has 0 bridgehead atoms. The molecule has 178 valence electrons. The monoisotopic (exact) mass is 480 g/mol. The van der Waals surface area contributed by atoms with Gasteiger partial charge in [0.15, 0.2) is 0 Å². The Morgan fingerprint density at radius 3 is 2.53 bits per heavy atom. The molecule has 2 N–H and O–H groups in total. The highest BCUT2D eigenvalue weighted by Crippen LogP contribution is 2.42. The molecule has 1 atom stereocenters.